The third kappa shape index (κ3) is 3.24. The maximum atomic E-state index is 14.1. The number of halogens is 4. The van der Waals surface area contributed by atoms with Gasteiger partial charge in [0, 0.05) is 12.1 Å². The Bertz CT molecular complexity index is 424. The molecule has 0 radical (unpaired) electrons. The summed E-state index contributed by atoms with van der Waals surface area (Å²) in [6.45, 7) is 5.31. The van der Waals surface area contributed by atoms with Crippen LogP contribution in [0.25, 0.3) is 0 Å². The summed E-state index contributed by atoms with van der Waals surface area (Å²) in [6, 6.07) is -0.615. The predicted molar refractivity (Wildman–Crippen MR) is 75.1 cm³/mol. The molecule has 2 atom stereocenters. The van der Waals surface area contributed by atoms with Crippen molar-refractivity contribution in [1.29, 1.82) is 0 Å². The van der Waals surface area contributed by atoms with Gasteiger partial charge in [-0.3, -0.25) is 4.79 Å². The SMILES string of the molecule is CC(C)(C)NC1CN(C(=O)C2(C(F)(F)F)CCCC2)C[C@@H]1F. The fourth-order valence-electron chi connectivity index (χ4n) is 3.52. The van der Waals surface area contributed by atoms with Crippen molar-refractivity contribution < 1.29 is 22.4 Å². The zero-order chi connectivity index (χ0) is 16.8. The average molecular weight is 324 g/mol. The van der Waals surface area contributed by atoms with Crippen molar-refractivity contribution in [1.82, 2.24) is 10.2 Å². The number of carbonyl (C=O) groups excluding carboxylic acids is 1. The van der Waals surface area contributed by atoms with Gasteiger partial charge in [0.2, 0.25) is 5.91 Å². The lowest BCUT2D eigenvalue weighted by Crippen LogP contribution is -2.51. The van der Waals surface area contributed by atoms with Crippen LogP contribution in [0.3, 0.4) is 0 Å². The van der Waals surface area contributed by atoms with Gasteiger partial charge in [-0.1, -0.05) is 12.8 Å². The van der Waals surface area contributed by atoms with Crippen LogP contribution in [0.5, 0.6) is 0 Å². The smallest absolute Gasteiger partial charge is 0.337 e. The first-order valence-corrected chi connectivity index (χ1v) is 7.74. The van der Waals surface area contributed by atoms with Crippen LogP contribution in [0.2, 0.25) is 0 Å². The molecule has 0 bridgehead atoms. The second-order valence-corrected chi connectivity index (χ2v) is 7.51. The van der Waals surface area contributed by atoms with Crippen molar-refractivity contribution in [2.75, 3.05) is 13.1 Å². The zero-order valence-electron chi connectivity index (χ0n) is 13.3. The number of hydrogen-bond donors (Lipinski definition) is 1. The summed E-state index contributed by atoms with van der Waals surface area (Å²) in [7, 11) is 0. The zero-order valence-corrected chi connectivity index (χ0v) is 13.3. The van der Waals surface area contributed by atoms with Gasteiger partial charge in [0.25, 0.3) is 0 Å². The van der Waals surface area contributed by atoms with E-state index in [4.69, 9.17) is 0 Å². The Morgan fingerprint density at radius 3 is 2.14 bits per heavy atom. The van der Waals surface area contributed by atoms with Gasteiger partial charge in [0.05, 0.1) is 12.6 Å². The van der Waals surface area contributed by atoms with Gasteiger partial charge in [-0.15, -0.1) is 0 Å². The topological polar surface area (TPSA) is 32.3 Å². The molecule has 1 N–H and O–H groups in total. The molecule has 0 aromatic heterocycles. The van der Waals surface area contributed by atoms with Crippen molar-refractivity contribution in [3.63, 3.8) is 0 Å². The highest BCUT2D eigenvalue weighted by atomic mass is 19.4. The van der Waals surface area contributed by atoms with Crippen LogP contribution in [0.15, 0.2) is 0 Å². The van der Waals surface area contributed by atoms with Crippen LogP contribution in [0, 0.1) is 5.41 Å². The maximum Gasteiger partial charge on any atom is 0.403 e. The molecule has 1 saturated heterocycles. The summed E-state index contributed by atoms with van der Waals surface area (Å²) >= 11 is 0. The molecule has 2 rings (SSSR count). The lowest BCUT2D eigenvalue weighted by Gasteiger charge is -2.34. The third-order valence-electron chi connectivity index (χ3n) is 4.56. The van der Waals surface area contributed by atoms with Crippen LogP contribution in [-0.4, -0.2) is 47.8 Å². The summed E-state index contributed by atoms with van der Waals surface area (Å²) in [5.74, 6) is -0.946. The summed E-state index contributed by atoms with van der Waals surface area (Å²) in [6.07, 6.45) is -5.49. The Kier molecular flexibility index (Phi) is 4.50. The molecule has 1 aliphatic heterocycles. The molecular formula is C15H24F4N2O. The lowest BCUT2D eigenvalue weighted by molar-refractivity contribution is -0.225. The highest BCUT2D eigenvalue weighted by Gasteiger charge is 2.62. The lowest BCUT2D eigenvalue weighted by atomic mass is 9.83. The Morgan fingerprint density at radius 2 is 1.68 bits per heavy atom. The normalized spacial score (nSPS) is 29.1. The fraction of sp³-hybridized carbons (Fsp3) is 0.933. The van der Waals surface area contributed by atoms with Gasteiger partial charge in [0.15, 0.2) is 0 Å². The number of carbonyl (C=O) groups is 1. The van der Waals surface area contributed by atoms with E-state index in [0.29, 0.717) is 12.8 Å². The van der Waals surface area contributed by atoms with Crippen LogP contribution in [0.1, 0.15) is 46.5 Å². The Balaban J connectivity index is 2.13. The molecule has 1 aliphatic carbocycles. The molecule has 0 aromatic rings. The van der Waals surface area contributed by atoms with Gasteiger partial charge >= 0.3 is 6.18 Å². The molecular weight excluding hydrogens is 300 g/mol. The monoisotopic (exact) mass is 324 g/mol. The minimum Gasteiger partial charge on any atom is -0.337 e. The summed E-state index contributed by atoms with van der Waals surface area (Å²) in [5, 5.41) is 3.04. The number of rotatable bonds is 2. The highest BCUT2D eigenvalue weighted by molar-refractivity contribution is 5.84. The number of nitrogens with zero attached hydrogens (tertiary/aromatic N) is 1. The Hall–Kier alpha value is -0.850. The van der Waals surface area contributed by atoms with E-state index in [9.17, 15) is 22.4 Å². The number of nitrogens with one attached hydrogen (secondary N) is 1. The molecule has 2 aliphatic rings. The predicted octanol–water partition coefficient (Wildman–Crippen LogP) is 3.05. The maximum absolute atomic E-state index is 14.1. The van der Waals surface area contributed by atoms with Crippen molar-refractivity contribution in [3.8, 4) is 0 Å². The first-order chi connectivity index (χ1) is 9.96. The first-order valence-electron chi connectivity index (χ1n) is 7.74. The molecule has 7 heteroatoms. The van der Waals surface area contributed by atoms with E-state index in [-0.39, 0.29) is 31.5 Å². The largest absolute Gasteiger partial charge is 0.403 e. The third-order valence-corrected chi connectivity index (χ3v) is 4.56. The molecule has 3 nitrogen and oxygen atoms in total. The van der Waals surface area contributed by atoms with E-state index in [1.165, 1.54) is 0 Å². The second-order valence-electron chi connectivity index (χ2n) is 7.51. The van der Waals surface area contributed by atoms with Gasteiger partial charge in [-0.2, -0.15) is 13.2 Å². The number of alkyl halides is 4. The van der Waals surface area contributed by atoms with Gasteiger partial charge in [-0.25, -0.2) is 4.39 Å². The van der Waals surface area contributed by atoms with E-state index < -0.39 is 29.7 Å². The standard InChI is InChI=1S/C15H24F4N2O/c1-13(2,3)20-11-9-21(8-10(11)16)12(22)14(15(17,18)19)6-4-5-7-14/h10-11,20H,4-9H2,1-3H3/t10-,11?/m0/s1. The number of hydrogen-bond acceptors (Lipinski definition) is 2. The Morgan fingerprint density at radius 1 is 1.14 bits per heavy atom. The molecule has 128 valence electrons. The van der Waals surface area contributed by atoms with E-state index >= 15 is 0 Å². The van der Waals surface area contributed by atoms with Gasteiger partial charge < -0.3 is 10.2 Å². The van der Waals surface area contributed by atoms with E-state index in [0.717, 1.165) is 4.90 Å². The van der Waals surface area contributed by atoms with Crippen molar-refractivity contribution >= 4 is 5.91 Å². The van der Waals surface area contributed by atoms with Crippen LogP contribution < -0.4 is 5.32 Å². The highest BCUT2D eigenvalue weighted by Crippen LogP contribution is 2.51. The summed E-state index contributed by atoms with van der Waals surface area (Å²) in [5.41, 5.74) is -2.66. The number of amides is 1. The number of likely N-dealkylation sites (tertiary alicyclic amines) is 1. The van der Waals surface area contributed by atoms with Gasteiger partial charge in [-0.05, 0) is 33.6 Å². The minimum absolute atomic E-state index is 0.00486. The molecule has 2 fully saturated rings. The van der Waals surface area contributed by atoms with E-state index in [1.807, 2.05) is 20.8 Å². The quantitative estimate of drug-likeness (QED) is 0.792. The molecule has 0 aromatic carbocycles. The Labute approximate surface area is 128 Å². The fourth-order valence-corrected chi connectivity index (χ4v) is 3.52. The van der Waals surface area contributed by atoms with E-state index in [1.54, 1.807) is 0 Å². The first kappa shape index (κ1) is 17.5. The van der Waals surface area contributed by atoms with Gasteiger partial charge in [0.1, 0.15) is 11.6 Å². The average Bonchev–Trinajstić information content (AvgIpc) is 2.94. The van der Waals surface area contributed by atoms with Crippen molar-refractivity contribution in [2.45, 2.75) is 70.4 Å². The molecule has 22 heavy (non-hydrogen) atoms. The molecule has 1 heterocycles. The van der Waals surface area contributed by atoms with E-state index in [2.05, 4.69) is 5.32 Å². The molecule has 1 amide bonds. The van der Waals surface area contributed by atoms with Crippen molar-refractivity contribution in [3.05, 3.63) is 0 Å². The molecule has 1 unspecified atom stereocenters. The van der Waals surface area contributed by atoms with Crippen LogP contribution in [-0.2, 0) is 4.79 Å². The van der Waals surface area contributed by atoms with Crippen LogP contribution in [0.4, 0.5) is 17.6 Å². The summed E-state index contributed by atoms with van der Waals surface area (Å²) in [4.78, 5) is 13.5. The minimum atomic E-state index is -4.57. The molecule has 0 spiro atoms. The second kappa shape index (κ2) is 5.65. The summed E-state index contributed by atoms with van der Waals surface area (Å²) < 4.78 is 54.4. The van der Waals surface area contributed by atoms with Crippen molar-refractivity contribution in [2.24, 2.45) is 5.41 Å². The molecule has 1 saturated carbocycles. The van der Waals surface area contributed by atoms with Crippen LogP contribution >= 0.6 is 0 Å².